The van der Waals surface area contributed by atoms with Crippen molar-refractivity contribution in [3.63, 3.8) is 0 Å². The van der Waals surface area contributed by atoms with E-state index in [2.05, 4.69) is 45.4 Å². The van der Waals surface area contributed by atoms with Crippen LogP contribution >= 0.6 is 39.9 Å². The lowest BCUT2D eigenvalue weighted by Gasteiger charge is -2.07. The zero-order valence-corrected chi connectivity index (χ0v) is 16.9. The van der Waals surface area contributed by atoms with Gasteiger partial charge in [-0.05, 0) is 36.6 Å². The predicted molar refractivity (Wildman–Crippen MR) is 107 cm³/mol. The number of anilines is 1. The van der Waals surface area contributed by atoms with Gasteiger partial charge in [0.2, 0.25) is 5.91 Å². The van der Waals surface area contributed by atoms with Gasteiger partial charge >= 0.3 is 0 Å². The molecule has 1 rings (SSSR count). The van der Waals surface area contributed by atoms with Crippen LogP contribution in [0.4, 0.5) is 5.69 Å². The van der Waals surface area contributed by atoms with Crippen LogP contribution in [0, 0.1) is 5.92 Å². The van der Waals surface area contributed by atoms with E-state index in [1.807, 2.05) is 24.3 Å². The van der Waals surface area contributed by atoms with E-state index in [0.29, 0.717) is 31.4 Å². The molecule has 0 unspecified atom stereocenters. The summed E-state index contributed by atoms with van der Waals surface area (Å²) in [6, 6.07) is 7.45. The van der Waals surface area contributed by atoms with Crippen LogP contribution in [0.25, 0.3) is 0 Å². The maximum atomic E-state index is 11.7. The third-order valence-corrected chi connectivity index (χ3v) is 3.30. The van der Waals surface area contributed by atoms with Crippen LogP contribution < -0.4 is 16.4 Å². The van der Waals surface area contributed by atoms with E-state index in [-0.39, 0.29) is 29.9 Å². The van der Waals surface area contributed by atoms with E-state index >= 15 is 0 Å². The minimum atomic E-state index is -0.0557. The molecule has 1 aromatic carbocycles. The molecule has 0 fully saturated rings. The number of carbonyl (C=O) groups is 1. The number of halogens is 2. The van der Waals surface area contributed by atoms with Gasteiger partial charge in [-0.1, -0.05) is 29.8 Å². The van der Waals surface area contributed by atoms with Gasteiger partial charge in [0.1, 0.15) is 0 Å². The first-order valence-corrected chi connectivity index (χ1v) is 7.86. The molecule has 0 aliphatic rings. The van der Waals surface area contributed by atoms with Gasteiger partial charge in [-0.25, -0.2) is 0 Å². The molecular formula is C15H24BrIN4O. The number of benzene rings is 1. The van der Waals surface area contributed by atoms with Crippen molar-refractivity contribution in [2.75, 3.05) is 18.4 Å². The second-order valence-electron chi connectivity index (χ2n) is 5.18. The Morgan fingerprint density at radius 3 is 2.55 bits per heavy atom. The number of nitrogens with zero attached hydrogens (tertiary/aromatic N) is 1. The minimum absolute atomic E-state index is 0. The highest BCUT2D eigenvalue weighted by molar-refractivity contribution is 14.0. The fourth-order valence-corrected chi connectivity index (χ4v) is 1.82. The maximum absolute atomic E-state index is 11.7. The molecule has 0 spiro atoms. The zero-order chi connectivity index (χ0) is 15.7. The number of amides is 1. The van der Waals surface area contributed by atoms with Crippen molar-refractivity contribution in [3.8, 4) is 0 Å². The van der Waals surface area contributed by atoms with Crippen LogP contribution in [-0.4, -0.2) is 25.0 Å². The van der Waals surface area contributed by atoms with Crippen molar-refractivity contribution >= 4 is 57.5 Å². The van der Waals surface area contributed by atoms with Crippen molar-refractivity contribution < 1.29 is 4.79 Å². The molecule has 0 heterocycles. The maximum Gasteiger partial charge on any atom is 0.226 e. The lowest BCUT2D eigenvalue weighted by atomic mass is 10.1. The lowest BCUT2D eigenvalue weighted by Crippen LogP contribution is -2.34. The SMILES string of the molecule is CC(C)CCN=C(N)NCCC(=O)Nc1ccc(Br)cc1.I. The van der Waals surface area contributed by atoms with Gasteiger partial charge in [0, 0.05) is 29.7 Å². The van der Waals surface area contributed by atoms with E-state index < -0.39 is 0 Å². The third kappa shape index (κ3) is 9.99. The van der Waals surface area contributed by atoms with Crippen LogP contribution in [0.15, 0.2) is 33.7 Å². The number of rotatable bonds is 7. The first kappa shape index (κ1) is 21.2. The van der Waals surface area contributed by atoms with E-state index in [1.54, 1.807) is 0 Å². The first-order chi connectivity index (χ1) is 9.97. The summed E-state index contributed by atoms with van der Waals surface area (Å²) in [5.41, 5.74) is 6.50. The number of nitrogens with two attached hydrogens (primary N) is 1. The Morgan fingerprint density at radius 1 is 1.32 bits per heavy atom. The van der Waals surface area contributed by atoms with Crippen molar-refractivity contribution in [1.29, 1.82) is 0 Å². The van der Waals surface area contributed by atoms with E-state index in [1.165, 1.54) is 0 Å². The number of hydrogen-bond acceptors (Lipinski definition) is 2. The molecular weight excluding hydrogens is 459 g/mol. The quantitative estimate of drug-likeness (QED) is 0.316. The molecule has 1 amide bonds. The summed E-state index contributed by atoms with van der Waals surface area (Å²) in [6.07, 6.45) is 1.35. The van der Waals surface area contributed by atoms with Crippen molar-refractivity contribution in [2.45, 2.75) is 26.7 Å². The molecule has 0 radical (unpaired) electrons. The van der Waals surface area contributed by atoms with Gasteiger partial charge in [-0.2, -0.15) is 0 Å². The molecule has 0 saturated carbocycles. The Labute approximate surface area is 157 Å². The largest absolute Gasteiger partial charge is 0.370 e. The van der Waals surface area contributed by atoms with E-state index in [4.69, 9.17) is 5.73 Å². The molecule has 0 saturated heterocycles. The molecule has 0 aromatic heterocycles. The number of guanidine groups is 1. The second-order valence-corrected chi connectivity index (χ2v) is 6.10. The van der Waals surface area contributed by atoms with Crippen LogP contribution in [0.2, 0.25) is 0 Å². The Morgan fingerprint density at radius 2 is 1.95 bits per heavy atom. The molecule has 4 N–H and O–H groups in total. The molecule has 124 valence electrons. The van der Waals surface area contributed by atoms with E-state index in [0.717, 1.165) is 16.6 Å². The molecule has 7 heteroatoms. The fraction of sp³-hybridized carbons (Fsp3) is 0.467. The fourth-order valence-electron chi connectivity index (χ4n) is 1.56. The van der Waals surface area contributed by atoms with Crippen LogP contribution in [-0.2, 0) is 4.79 Å². The van der Waals surface area contributed by atoms with Gasteiger partial charge < -0.3 is 16.4 Å². The summed E-state index contributed by atoms with van der Waals surface area (Å²) >= 11 is 3.35. The Bertz CT molecular complexity index is 477. The first-order valence-electron chi connectivity index (χ1n) is 7.06. The summed E-state index contributed by atoms with van der Waals surface area (Å²) < 4.78 is 0.979. The number of hydrogen-bond donors (Lipinski definition) is 3. The smallest absolute Gasteiger partial charge is 0.226 e. The lowest BCUT2D eigenvalue weighted by molar-refractivity contribution is -0.116. The van der Waals surface area contributed by atoms with E-state index in [9.17, 15) is 4.79 Å². The summed E-state index contributed by atoms with van der Waals surface area (Å²) in [5, 5.41) is 5.76. The minimum Gasteiger partial charge on any atom is -0.370 e. The van der Waals surface area contributed by atoms with Gasteiger partial charge in [0.05, 0.1) is 0 Å². The van der Waals surface area contributed by atoms with Crippen molar-refractivity contribution in [2.24, 2.45) is 16.6 Å². The highest BCUT2D eigenvalue weighted by Crippen LogP contribution is 2.14. The molecule has 1 aromatic rings. The molecule has 5 nitrogen and oxygen atoms in total. The Balaban J connectivity index is 0.00000441. The highest BCUT2D eigenvalue weighted by atomic mass is 127. The summed E-state index contributed by atoms with van der Waals surface area (Å²) in [6.45, 7) is 5.47. The third-order valence-electron chi connectivity index (χ3n) is 2.77. The average molecular weight is 483 g/mol. The summed E-state index contributed by atoms with van der Waals surface area (Å²) in [4.78, 5) is 15.9. The van der Waals surface area contributed by atoms with Gasteiger partial charge in [-0.3, -0.25) is 9.79 Å². The molecule has 22 heavy (non-hydrogen) atoms. The molecule has 0 aliphatic carbocycles. The van der Waals surface area contributed by atoms with Crippen molar-refractivity contribution in [1.82, 2.24) is 5.32 Å². The topological polar surface area (TPSA) is 79.5 Å². The number of carbonyl (C=O) groups excluding carboxylic acids is 1. The predicted octanol–water partition coefficient (Wildman–Crippen LogP) is 3.35. The van der Waals surface area contributed by atoms with Crippen LogP contribution in [0.1, 0.15) is 26.7 Å². The van der Waals surface area contributed by atoms with Gasteiger partial charge in [-0.15, -0.1) is 24.0 Å². The number of aliphatic imine (C=N–C) groups is 1. The van der Waals surface area contributed by atoms with Gasteiger partial charge in [0.25, 0.3) is 0 Å². The summed E-state index contributed by atoms with van der Waals surface area (Å²) in [7, 11) is 0. The highest BCUT2D eigenvalue weighted by Gasteiger charge is 2.02. The second kappa shape index (κ2) is 11.7. The molecule has 0 bridgehead atoms. The number of nitrogens with one attached hydrogen (secondary N) is 2. The Hall–Kier alpha value is -0.830. The van der Waals surface area contributed by atoms with Gasteiger partial charge in [0.15, 0.2) is 5.96 Å². The van der Waals surface area contributed by atoms with Crippen LogP contribution in [0.5, 0.6) is 0 Å². The van der Waals surface area contributed by atoms with Crippen molar-refractivity contribution in [3.05, 3.63) is 28.7 Å². The monoisotopic (exact) mass is 482 g/mol. The average Bonchev–Trinajstić information content (AvgIpc) is 2.41. The standard InChI is InChI=1S/C15H23BrN4O.HI/c1-11(2)7-9-18-15(17)19-10-8-14(21)20-13-5-3-12(16)4-6-13;/h3-6,11H,7-10H2,1-2H3,(H,20,21)(H3,17,18,19);1H. The van der Waals surface area contributed by atoms with Crippen LogP contribution in [0.3, 0.4) is 0 Å². The molecule has 0 atom stereocenters. The normalized spacial score (nSPS) is 11.0. The zero-order valence-electron chi connectivity index (χ0n) is 12.9. The molecule has 0 aliphatic heterocycles. The Kier molecular flexibility index (Phi) is 11.3. The summed E-state index contributed by atoms with van der Waals surface area (Å²) in [5.74, 6) is 0.949.